The van der Waals surface area contributed by atoms with Crippen molar-refractivity contribution in [3.8, 4) is 5.69 Å². The molecule has 3 rings (SSSR count). The lowest BCUT2D eigenvalue weighted by Crippen LogP contribution is -2.16. The van der Waals surface area contributed by atoms with Crippen LogP contribution in [0.3, 0.4) is 0 Å². The maximum atomic E-state index is 11.6. The van der Waals surface area contributed by atoms with Gasteiger partial charge in [-0.05, 0) is 18.2 Å². The van der Waals surface area contributed by atoms with Gasteiger partial charge >= 0.3 is 0 Å². The summed E-state index contributed by atoms with van der Waals surface area (Å²) >= 11 is 0. The highest BCUT2D eigenvalue weighted by Gasteiger charge is 2.14. The minimum absolute atomic E-state index is 0.104. The van der Waals surface area contributed by atoms with Crippen LogP contribution in [0.1, 0.15) is 10.4 Å². The first-order valence-electron chi connectivity index (χ1n) is 6.78. The Morgan fingerprint density at radius 1 is 1.29 bits per heavy atom. The molecular formula is C14H13N7O2S. The van der Waals surface area contributed by atoms with Gasteiger partial charge in [0.05, 0.1) is 28.9 Å². The lowest BCUT2D eigenvalue weighted by Gasteiger charge is -2.10. The quantitative estimate of drug-likeness (QED) is 0.650. The summed E-state index contributed by atoms with van der Waals surface area (Å²) in [7, 11) is -1.39. The largest absolute Gasteiger partial charge is 0.365 e. The number of nitrogens with two attached hydrogens (primary N) is 1. The summed E-state index contributed by atoms with van der Waals surface area (Å²) in [6.07, 6.45) is 5.84. The van der Waals surface area contributed by atoms with Crippen molar-refractivity contribution in [1.29, 1.82) is 0 Å². The number of hydrogen-bond donors (Lipinski definition) is 2. The molecule has 24 heavy (non-hydrogen) atoms. The molecule has 0 radical (unpaired) electrons. The Balaban J connectivity index is 1.98. The number of anilines is 2. The summed E-state index contributed by atoms with van der Waals surface area (Å²) in [4.78, 5) is 21.0. The molecule has 0 aliphatic rings. The van der Waals surface area contributed by atoms with E-state index in [4.69, 9.17) is 5.73 Å². The van der Waals surface area contributed by atoms with Gasteiger partial charge in [-0.1, -0.05) is 6.07 Å². The van der Waals surface area contributed by atoms with Gasteiger partial charge in [0.15, 0.2) is 0 Å². The van der Waals surface area contributed by atoms with Crippen molar-refractivity contribution in [2.45, 2.75) is 5.16 Å². The summed E-state index contributed by atoms with van der Waals surface area (Å²) in [5.74, 6) is -0.496. The van der Waals surface area contributed by atoms with Gasteiger partial charge in [-0.25, -0.2) is 9.97 Å². The molecule has 0 spiro atoms. The number of aromatic nitrogens is 5. The molecule has 0 bridgehead atoms. The van der Waals surface area contributed by atoms with Gasteiger partial charge in [0.1, 0.15) is 11.4 Å². The second kappa shape index (κ2) is 6.54. The van der Waals surface area contributed by atoms with Crippen molar-refractivity contribution in [2.24, 2.45) is 5.73 Å². The molecular weight excluding hydrogens is 330 g/mol. The van der Waals surface area contributed by atoms with E-state index >= 15 is 0 Å². The number of carbonyl (C=O) groups excluding carboxylic acids is 1. The van der Waals surface area contributed by atoms with Crippen LogP contribution in [-0.4, -0.2) is 41.3 Å². The first-order chi connectivity index (χ1) is 11.5. The van der Waals surface area contributed by atoms with Crippen molar-refractivity contribution in [3.05, 3.63) is 48.4 Å². The monoisotopic (exact) mass is 343 g/mol. The molecule has 1 amide bonds. The SMILES string of the molecule is CS(=O)c1ncc(C(N)=O)c(Nc2cccc(-n3nccn3)c2)n1. The average Bonchev–Trinajstić information content (AvgIpc) is 3.09. The second-order valence-corrected chi connectivity index (χ2v) is 6.00. The zero-order chi connectivity index (χ0) is 17.1. The van der Waals surface area contributed by atoms with E-state index in [9.17, 15) is 9.00 Å². The molecule has 2 heterocycles. The number of rotatable bonds is 5. The predicted molar refractivity (Wildman–Crippen MR) is 87.5 cm³/mol. The normalized spacial score (nSPS) is 11.9. The van der Waals surface area contributed by atoms with Gasteiger partial charge in [-0.2, -0.15) is 15.0 Å². The molecule has 1 aromatic carbocycles. The molecule has 1 unspecified atom stereocenters. The van der Waals surface area contributed by atoms with Crippen LogP contribution in [-0.2, 0) is 10.8 Å². The zero-order valence-electron chi connectivity index (χ0n) is 12.6. The minimum atomic E-state index is -1.39. The maximum Gasteiger partial charge on any atom is 0.254 e. The smallest absolute Gasteiger partial charge is 0.254 e. The standard InChI is InChI=1S/C14H13N7O2S/c1-24(23)14-16-8-11(12(15)22)13(20-14)19-9-3-2-4-10(7-9)21-17-5-6-18-21/h2-8H,1H3,(H2,15,22)(H,16,19,20). The Bertz CT molecular complexity index is 911. The fourth-order valence-electron chi connectivity index (χ4n) is 1.97. The molecule has 3 N–H and O–H groups in total. The van der Waals surface area contributed by atoms with Crippen LogP contribution < -0.4 is 11.1 Å². The molecule has 122 valence electrons. The Morgan fingerprint density at radius 2 is 2.04 bits per heavy atom. The molecule has 0 saturated carbocycles. The topological polar surface area (TPSA) is 129 Å². The molecule has 0 aliphatic carbocycles. The van der Waals surface area contributed by atoms with E-state index in [-0.39, 0.29) is 16.5 Å². The second-order valence-electron chi connectivity index (χ2n) is 4.73. The van der Waals surface area contributed by atoms with Crippen molar-refractivity contribution >= 4 is 28.2 Å². The van der Waals surface area contributed by atoms with Crippen molar-refractivity contribution in [2.75, 3.05) is 11.6 Å². The van der Waals surface area contributed by atoms with Gasteiger partial charge in [-0.3, -0.25) is 9.00 Å². The van der Waals surface area contributed by atoms with Crippen molar-refractivity contribution in [1.82, 2.24) is 25.0 Å². The van der Waals surface area contributed by atoms with Gasteiger partial charge in [0.2, 0.25) is 5.16 Å². The summed E-state index contributed by atoms with van der Waals surface area (Å²) in [6, 6.07) is 7.18. The van der Waals surface area contributed by atoms with Crippen LogP contribution in [0.25, 0.3) is 5.69 Å². The third kappa shape index (κ3) is 3.27. The number of nitrogens with zero attached hydrogens (tertiary/aromatic N) is 5. The van der Waals surface area contributed by atoms with E-state index in [0.717, 1.165) is 5.69 Å². The van der Waals surface area contributed by atoms with Gasteiger partial charge in [-0.15, -0.1) is 0 Å². The van der Waals surface area contributed by atoms with E-state index in [0.29, 0.717) is 5.69 Å². The number of carbonyl (C=O) groups is 1. The summed E-state index contributed by atoms with van der Waals surface area (Å²) < 4.78 is 11.6. The third-order valence-corrected chi connectivity index (χ3v) is 3.76. The van der Waals surface area contributed by atoms with Gasteiger partial charge in [0, 0.05) is 18.1 Å². The average molecular weight is 343 g/mol. The molecule has 0 aliphatic heterocycles. The van der Waals surface area contributed by atoms with Crippen LogP contribution in [0.4, 0.5) is 11.5 Å². The highest BCUT2D eigenvalue weighted by molar-refractivity contribution is 7.84. The molecule has 0 fully saturated rings. The molecule has 2 aromatic heterocycles. The molecule has 0 saturated heterocycles. The fourth-order valence-corrected chi connectivity index (χ4v) is 2.39. The summed E-state index contributed by atoms with van der Waals surface area (Å²) in [5, 5.41) is 11.2. The predicted octanol–water partition coefficient (Wildman–Crippen LogP) is 0.637. The molecule has 9 nitrogen and oxygen atoms in total. The molecule has 10 heteroatoms. The van der Waals surface area contributed by atoms with Crippen LogP contribution in [0.5, 0.6) is 0 Å². The first kappa shape index (κ1) is 15.7. The fraction of sp³-hybridized carbons (Fsp3) is 0.0714. The van der Waals surface area contributed by atoms with E-state index in [1.54, 1.807) is 30.6 Å². The summed E-state index contributed by atoms with van der Waals surface area (Å²) in [6.45, 7) is 0. The minimum Gasteiger partial charge on any atom is -0.365 e. The number of amides is 1. The van der Waals surface area contributed by atoms with Gasteiger partial charge in [0.25, 0.3) is 5.91 Å². The van der Waals surface area contributed by atoms with E-state index in [1.807, 2.05) is 6.07 Å². The molecule has 3 aromatic rings. The van der Waals surface area contributed by atoms with Crippen LogP contribution in [0, 0.1) is 0 Å². The number of nitrogens with one attached hydrogen (secondary N) is 1. The Morgan fingerprint density at radius 3 is 2.71 bits per heavy atom. The highest BCUT2D eigenvalue weighted by Crippen LogP contribution is 2.21. The first-order valence-corrected chi connectivity index (χ1v) is 8.34. The number of hydrogen-bond acceptors (Lipinski definition) is 7. The van der Waals surface area contributed by atoms with E-state index in [2.05, 4.69) is 25.5 Å². The van der Waals surface area contributed by atoms with Crippen molar-refractivity contribution in [3.63, 3.8) is 0 Å². The Hall–Kier alpha value is -3.14. The zero-order valence-corrected chi connectivity index (χ0v) is 13.4. The lowest BCUT2D eigenvalue weighted by atomic mass is 10.2. The number of benzene rings is 1. The Kier molecular flexibility index (Phi) is 4.29. The van der Waals surface area contributed by atoms with Crippen LogP contribution >= 0.6 is 0 Å². The Labute approximate surface area is 139 Å². The lowest BCUT2D eigenvalue weighted by molar-refractivity contribution is 0.100. The van der Waals surface area contributed by atoms with Crippen LogP contribution in [0.15, 0.2) is 48.0 Å². The third-order valence-electron chi connectivity index (χ3n) is 3.05. The maximum absolute atomic E-state index is 11.6. The highest BCUT2D eigenvalue weighted by atomic mass is 32.2. The van der Waals surface area contributed by atoms with Gasteiger partial charge < -0.3 is 11.1 Å². The van der Waals surface area contributed by atoms with Crippen LogP contribution in [0.2, 0.25) is 0 Å². The van der Waals surface area contributed by atoms with E-state index < -0.39 is 16.7 Å². The summed E-state index contributed by atoms with van der Waals surface area (Å²) in [5.41, 5.74) is 6.81. The van der Waals surface area contributed by atoms with E-state index in [1.165, 1.54) is 17.2 Å². The van der Waals surface area contributed by atoms with Crippen molar-refractivity contribution < 1.29 is 9.00 Å². The molecule has 1 atom stereocenters. The number of primary amides is 1.